The number of phenolic OH excluding ortho intramolecular Hbond substituents is 1. The number of nitrogens with zero attached hydrogens (tertiary/aromatic N) is 1. The average molecular weight is 430 g/mol. The summed E-state index contributed by atoms with van der Waals surface area (Å²) in [7, 11) is 0. The number of rotatable bonds is 3. The highest BCUT2D eigenvalue weighted by atomic mass is 35.5. The van der Waals surface area contributed by atoms with Crippen molar-refractivity contribution in [2.45, 2.75) is 19.4 Å². The van der Waals surface area contributed by atoms with Crippen LogP contribution < -0.4 is 10.9 Å². The van der Waals surface area contributed by atoms with Gasteiger partial charge in [0.05, 0.1) is 32.2 Å². The summed E-state index contributed by atoms with van der Waals surface area (Å²) >= 11 is 12.9. The van der Waals surface area contributed by atoms with E-state index in [1.807, 2.05) is 0 Å². The molecular weight excluding hydrogens is 413 g/mol. The van der Waals surface area contributed by atoms with Crippen molar-refractivity contribution in [2.24, 2.45) is 0 Å². The summed E-state index contributed by atoms with van der Waals surface area (Å²) in [5.41, 5.74) is 0.0949. The van der Waals surface area contributed by atoms with E-state index < -0.39 is 5.60 Å². The second kappa shape index (κ2) is 6.91. The van der Waals surface area contributed by atoms with Crippen LogP contribution in [0, 0.1) is 0 Å². The molecule has 148 valence electrons. The summed E-state index contributed by atoms with van der Waals surface area (Å²) in [6.07, 6.45) is 1.52. The first-order valence-corrected chi connectivity index (χ1v) is 9.54. The normalized spacial score (nSPS) is 11.9. The SMILES string of the molecule is CC(C)(O)c1cc(Cl)c(Nc2nc3ccc(O)cc3c3c(=O)[nH]ccc23)c(Cl)c1. The molecule has 6 nitrogen and oxygen atoms in total. The highest BCUT2D eigenvalue weighted by Gasteiger charge is 2.21. The first-order chi connectivity index (χ1) is 13.6. The number of aromatic nitrogens is 2. The van der Waals surface area contributed by atoms with Crippen LogP contribution in [0.5, 0.6) is 5.75 Å². The topological polar surface area (TPSA) is 98.2 Å². The Morgan fingerprint density at radius 1 is 1.07 bits per heavy atom. The maximum absolute atomic E-state index is 12.5. The van der Waals surface area contributed by atoms with E-state index in [2.05, 4.69) is 15.3 Å². The fourth-order valence-corrected chi connectivity index (χ4v) is 3.79. The largest absolute Gasteiger partial charge is 0.508 e. The van der Waals surface area contributed by atoms with Crippen LogP contribution in [0.1, 0.15) is 19.4 Å². The first kappa shape index (κ1) is 19.5. The lowest BCUT2D eigenvalue weighted by Crippen LogP contribution is -2.15. The van der Waals surface area contributed by atoms with Crippen molar-refractivity contribution in [1.29, 1.82) is 0 Å². The summed E-state index contributed by atoms with van der Waals surface area (Å²) in [4.78, 5) is 19.8. The number of pyridine rings is 2. The van der Waals surface area contributed by atoms with Gasteiger partial charge in [0.1, 0.15) is 11.6 Å². The van der Waals surface area contributed by atoms with E-state index >= 15 is 0 Å². The third kappa shape index (κ3) is 3.51. The van der Waals surface area contributed by atoms with E-state index in [0.29, 0.717) is 48.8 Å². The Kier molecular flexibility index (Phi) is 4.65. The van der Waals surface area contributed by atoms with E-state index in [1.165, 1.54) is 18.3 Å². The number of benzene rings is 2. The number of nitrogens with one attached hydrogen (secondary N) is 2. The predicted octanol–water partition coefficient (Wildman–Crippen LogP) is 5.06. The van der Waals surface area contributed by atoms with Crippen molar-refractivity contribution in [3.05, 3.63) is 68.6 Å². The van der Waals surface area contributed by atoms with Crippen molar-refractivity contribution >= 4 is 56.4 Å². The van der Waals surface area contributed by atoms with Gasteiger partial charge in [-0.25, -0.2) is 4.98 Å². The number of H-pyrrole nitrogens is 1. The highest BCUT2D eigenvalue weighted by Crippen LogP contribution is 2.38. The lowest BCUT2D eigenvalue weighted by Gasteiger charge is -2.20. The quantitative estimate of drug-likeness (QED) is 0.341. The fraction of sp³-hybridized carbons (Fsp3) is 0.143. The number of aromatic amines is 1. The molecule has 0 saturated carbocycles. The molecule has 0 aliphatic rings. The van der Waals surface area contributed by atoms with Crippen molar-refractivity contribution in [3.8, 4) is 5.75 Å². The van der Waals surface area contributed by atoms with Crippen molar-refractivity contribution in [2.75, 3.05) is 5.32 Å². The molecule has 29 heavy (non-hydrogen) atoms. The molecule has 4 rings (SSSR count). The molecule has 0 fully saturated rings. The van der Waals surface area contributed by atoms with Gasteiger partial charge in [-0.3, -0.25) is 4.79 Å². The number of hydrogen-bond donors (Lipinski definition) is 4. The predicted molar refractivity (Wildman–Crippen MR) is 117 cm³/mol. The molecule has 4 N–H and O–H groups in total. The van der Waals surface area contributed by atoms with E-state index in [-0.39, 0.29) is 11.3 Å². The van der Waals surface area contributed by atoms with Crippen LogP contribution in [-0.2, 0) is 5.60 Å². The molecule has 4 aromatic rings. The second-order valence-corrected chi connectivity index (χ2v) is 8.07. The van der Waals surface area contributed by atoms with Crippen LogP contribution >= 0.6 is 23.2 Å². The maximum atomic E-state index is 12.5. The average Bonchev–Trinajstić information content (AvgIpc) is 2.64. The molecule has 2 heterocycles. The van der Waals surface area contributed by atoms with Crippen molar-refractivity contribution in [3.63, 3.8) is 0 Å². The summed E-state index contributed by atoms with van der Waals surface area (Å²) in [5, 5.41) is 25.3. The number of aliphatic hydroxyl groups is 1. The van der Waals surface area contributed by atoms with Gasteiger partial charge in [-0.15, -0.1) is 0 Å². The molecule has 0 saturated heterocycles. The Bertz CT molecular complexity index is 1300. The van der Waals surface area contributed by atoms with Gasteiger partial charge >= 0.3 is 0 Å². The van der Waals surface area contributed by atoms with Crippen LogP contribution in [0.3, 0.4) is 0 Å². The lowest BCUT2D eigenvalue weighted by molar-refractivity contribution is 0.0786. The monoisotopic (exact) mass is 429 g/mol. The zero-order valence-corrected chi connectivity index (χ0v) is 17.1. The summed E-state index contributed by atoms with van der Waals surface area (Å²) < 4.78 is 0. The molecule has 8 heteroatoms. The molecule has 0 aliphatic carbocycles. The summed E-state index contributed by atoms with van der Waals surface area (Å²) in [6.45, 7) is 3.28. The molecule has 0 amide bonds. The van der Waals surface area contributed by atoms with Gasteiger partial charge in [0.15, 0.2) is 0 Å². The molecule has 2 aromatic carbocycles. The van der Waals surface area contributed by atoms with Gasteiger partial charge in [-0.1, -0.05) is 23.2 Å². The van der Waals surface area contributed by atoms with Crippen LogP contribution in [0.25, 0.3) is 21.7 Å². The lowest BCUT2D eigenvalue weighted by atomic mass is 9.98. The van der Waals surface area contributed by atoms with E-state index in [4.69, 9.17) is 23.2 Å². The Morgan fingerprint density at radius 2 is 1.76 bits per heavy atom. The van der Waals surface area contributed by atoms with Gasteiger partial charge in [0.2, 0.25) is 0 Å². The van der Waals surface area contributed by atoms with Crippen molar-refractivity contribution in [1.82, 2.24) is 9.97 Å². The molecule has 0 unspecified atom stereocenters. The van der Waals surface area contributed by atoms with Gasteiger partial charge < -0.3 is 20.5 Å². The zero-order chi connectivity index (χ0) is 20.9. The third-order valence-electron chi connectivity index (χ3n) is 4.69. The Hall–Kier alpha value is -2.80. The van der Waals surface area contributed by atoms with E-state index in [9.17, 15) is 15.0 Å². The molecule has 0 aliphatic heterocycles. The molecule has 0 spiro atoms. The highest BCUT2D eigenvalue weighted by molar-refractivity contribution is 6.39. The standard InChI is InChI=1S/C21H17Cl2N3O3/c1-21(2,29)10-7-14(22)18(15(23)8-10)26-19-12-5-6-24-20(28)17(12)13-9-11(27)3-4-16(13)25-19/h3-9,27,29H,1-2H3,(H,24,28)(H,25,26). The summed E-state index contributed by atoms with van der Waals surface area (Å²) in [5.74, 6) is 0.432. The van der Waals surface area contributed by atoms with Crippen LogP contribution in [-0.4, -0.2) is 20.2 Å². The minimum Gasteiger partial charge on any atom is -0.508 e. The molecule has 0 radical (unpaired) electrons. The Labute approximate surface area is 175 Å². The number of hydrogen-bond acceptors (Lipinski definition) is 5. The number of aromatic hydroxyl groups is 1. The Morgan fingerprint density at radius 3 is 2.41 bits per heavy atom. The third-order valence-corrected chi connectivity index (χ3v) is 5.29. The summed E-state index contributed by atoms with van der Waals surface area (Å²) in [6, 6.07) is 9.60. The second-order valence-electron chi connectivity index (χ2n) is 7.26. The fourth-order valence-electron chi connectivity index (χ4n) is 3.21. The van der Waals surface area contributed by atoms with E-state index in [1.54, 1.807) is 38.1 Å². The van der Waals surface area contributed by atoms with Gasteiger partial charge in [0.25, 0.3) is 5.56 Å². The molecule has 0 atom stereocenters. The first-order valence-electron chi connectivity index (χ1n) is 8.78. The van der Waals surface area contributed by atoms with Crippen LogP contribution in [0.4, 0.5) is 11.5 Å². The van der Waals surface area contributed by atoms with Gasteiger partial charge in [-0.2, -0.15) is 0 Å². The number of halogens is 2. The zero-order valence-electron chi connectivity index (χ0n) is 15.5. The Balaban J connectivity index is 1.95. The van der Waals surface area contributed by atoms with Crippen LogP contribution in [0.15, 0.2) is 47.4 Å². The minimum absolute atomic E-state index is 0.0397. The minimum atomic E-state index is -1.10. The maximum Gasteiger partial charge on any atom is 0.256 e. The van der Waals surface area contributed by atoms with Gasteiger partial charge in [0, 0.05) is 17.0 Å². The van der Waals surface area contributed by atoms with Crippen LogP contribution in [0.2, 0.25) is 10.0 Å². The number of anilines is 2. The smallest absolute Gasteiger partial charge is 0.256 e. The molecule has 2 aromatic heterocycles. The van der Waals surface area contributed by atoms with Gasteiger partial charge in [-0.05, 0) is 55.8 Å². The molecule has 0 bridgehead atoms. The number of fused-ring (bicyclic) bond motifs is 3. The number of phenols is 1. The van der Waals surface area contributed by atoms with Crippen molar-refractivity contribution < 1.29 is 10.2 Å². The van der Waals surface area contributed by atoms with E-state index in [0.717, 1.165) is 0 Å². The molecular formula is C21H17Cl2N3O3.